The summed E-state index contributed by atoms with van der Waals surface area (Å²) in [6.07, 6.45) is -3.30. The van der Waals surface area contributed by atoms with Gasteiger partial charge in [0.1, 0.15) is 0 Å². The molecule has 2 bridgehead atoms. The van der Waals surface area contributed by atoms with Crippen LogP contribution in [0.3, 0.4) is 0 Å². The molecule has 3 aliphatic carbocycles. The number of fused-ring (bicyclic) bond motifs is 3. The summed E-state index contributed by atoms with van der Waals surface area (Å²) in [6.45, 7) is 0.0369. The molecule has 22 heavy (non-hydrogen) atoms. The number of nitrogen functional groups attached to an aromatic ring is 1. The van der Waals surface area contributed by atoms with Gasteiger partial charge in [0.15, 0.2) is 0 Å². The standard InChI is InChI=1S/C13H17F3N4O2/c14-13(15,16)12-4-1-11(2-5-12,3-6-12)9(21)18-7-8-19-20-10(17)22-8/h1-7H2,(H2,17,20)(H,18,21). The molecule has 4 rings (SSSR count). The summed E-state index contributed by atoms with van der Waals surface area (Å²) >= 11 is 0. The Balaban J connectivity index is 1.63. The SMILES string of the molecule is Nc1nnc(CNC(=O)C23CCC(C(F)(F)F)(CC2)CC3)o1. The topological polar surface area (TPSA) is 94.0 Å². The first-order chi connectivity index (χ1) is 10.3. The van der Waals surface area contributed by atoms with Gasteiger partial charge in [-0.25, -0.2) is 0 Å². The number of hydrogen-bond donors (Lipinski definition) is 2. The number of rotatable bonds is 3. The molecule has 3 N–H and O–H groups in total. The third kappa shape index (κ3) is 2.32. The fourth-order valence-electron chi connectivity index (χ4n) is 3.63. The molecule has 0 spiro atoms. The number of nitrogens with two attached hydrogens (primary N) is 1. The summed E-state index contributed by atoms with van der Waals surface area (Å²) in [5.74, 6) is -0.0572. The van der Waals surface area contributed by atoms with E-state index in [-0.39, 0.29) is 62.9 Å². The van der Waals surface area contributed by atoms with Gasteiger partial charge in [0, 0.05) is 5.41 Å². The number of carbonyl (C=O) groups is 1. The number of anilines is 1. The van der Waals surface area contributed by atoms with Gasteiger partial charge in [0.05, 0.1) is 12.0 Å². The normalized spacial score (nSPS) is 31.2. The van der Waals surface area contributed by atoms with Gasteiger partial charge in [0.25, 0.3) is 0 Å². The molecule has 3 aliphatic rings. The van der Waals surface area contributed by atoms with Crippen molar-refractivity contribution in [3.8, 4) is 0 Å². The first-order valence-electron chi connectivity index (χ1n) is 7.19. The van der Waals surface area contributed by atoms with Crippen LogP contribution in [0.15, 0.2) is 4.42 Å². The lowest BCUT2D eigenvalue weighted by Gasteiger charge is -2.52. The monoisotopic (exact) mass is 318 g/mol. The van der Waals surface area contributed by atoms with Gasteiger partial charge in [-0.3, -0.25) is 4.79 Å². The second-order valence-corrected chi connectivity index (χ2v) is 6.28. The van der Waals surface area contributed by atoms with Crippen LogP contribution in [0.5, 0.6) is 0 Å². The highest BCUT2D eigenvalue weighted by Gasteiger charge is 2.62. The van der Waals surface area contributed by atoms with Crippen molar-refractivity contribution in [3.63, 3.8) is 0 Å². The third-order valence-corrected chi connectivity index (χ3v) is 5.21. The molecule has 3 saturated carbocycles. The molecule has 0 saturated heterocycles. The maximum Gasteiger partial charge on any atom is 0.394 e. The highest BCUT2D eigenvalue weighted by atomic mass is 19.4. The molecule has 0 atom stereocenters. The molecule has 0 unspecified atom stereocenters. The maximum atomic E-state index is 13.2. The molecule has 9 heteroatoms. The van der Waals surface area contributed by atoms with E-state index in [1.807, 2.05) is 0 Å². The van der Waals surface area contributed by atoms with Crippen molar-refractivity contribution in [2.75, 3.05) is 5.73 Å². The van der Waals surface area contributed by atoms with Crippen molar-refractivity contribution < 1.29 is 22.4 Å². The van der Waals surface area contributed by atoms with Crippen LogP contribution in [0.1, 0.15) is 44.4 Å². The number of hydrogen-bond acceptors (Lipinski definition) is 5. The highest BCUT2D eigenvalue weighted by Crippen LogP contribution is 2.62. The lowest BCUT2D eigenvalue weighted by molar-refractivity contribution is -0.258. The van der Waals surface area contributed by atoms with Gasteiger partial charge < -0.3 is 15.5 Å². The molecular weight excluding hydrogens is 301 g/mol. The number of aromatic nitrogens is 2. The van der Waals surface area contributed by atoms with Gasteiger partial charge in [-0.05, 0) is 38.5 Å². The summed E-state index contributed by atoms with van der Waals surface area (Å²) in [6, 6.07) is -0.0901. The van der Waals surface area contributed by atoms with E-state index in [1.54, 1.807) is 0 Å². The number of nitrogens with zero attached hydrogens (tertiary/aromatic N) is 2. The van der Waals surface area contributed by atoms with Crippen molar-refractivity contribution >= 4 is 11.9 Å². The van der Waals surface area contributed by atoms with E-state index in [2.05, 4.69) is 15.5 Å². The Morgan fingerprint density at radius 1 is 1.18 bits per heavy atom. The minimum absolute atomic E-state index is 0.0252. The Morgan fingerprint density at radius 2 is 1.77 bits per heavy atom. The zero-order valence-electron chi connectivity index (χ0n) is 11.9. The van der Waals surface area contributed by atoms with E-state index in [0.717, 1.165) is 0 Å². The molecule has 0 aromatic carbocycles. The maximum absolute atomic E-state index is 13.2. The number of carbonyl (C=O) groups excluding carboxylic acids is 1. The first kappa shape index (κ1) is 15.1. The van der Waals surface area contributed by atoms with Crippen LogP contribution in [-0.4, -0.2) is 22.3 Å². The Hall–Kier alpha value is -1.80. The Labute approximate surface area is 124 Å². The summed E-state index contributed by atoms with van der Waals surface area (Å²) in [4.78, 5) is 12.4. The molecule has 1 aromatic rings. The number of amides is 1. The summed E-state index contributed by atoms with van der Waals surface area (Å²) < 4.78 is 44.5. The summed E-state index contributed by atoms with van der Waals surface area (Å²) in [5, 5.41) is 9.78. The molecule has 1 heterocycles. The zero-order chi connectivity index (χ0) is 16.0. The average Bonchev–Trinajstić information content (AvgIpc) is 2.91. The predicted molar refractivity (Wildman–Crippen MR) is 69.2 cm³/mol. The third-order valence-electron chi connectivity index (χ3n) is 5.21. The Bertz CT molecular complexity index is 560. The number of halogens is 3. The van der Waals surface area contributed by atoms with Gasteiger partial charge in [-0.15, -0.1) is 5.10 Å². The quantitative estimate of drug-likeness (QED) is 0.891. The molecular formula is C13H17F3N4O2. The lowest BCUT2D eigenvalue weighted by atomic mass is 9.53. The van der Waals surface area contributed by atoms with E-state index in [9.17, 15) is 18.0 Å². The van der Waals surface area contributed by atoms with E-state index < -0.39 is 17.0 Å². The fourth-order valence-corrected chi connectivity index (χ4v) is 3.63. The molecule has 6 nitrogen and oxygen atoms in total. The van der Waals surface area contributed by atoms with Gasteiger partial charge in [0.2, 0.25) is 11.8 Å². The average molecular weight is 318 g/mol. The molecule has 0 aliphatic heterocycles. The van der Waals surface area contributed by atoms with Crippen LogP contribution in [-0.2, 0) is 11.3 Å². The predicted octanol–water partition coefficient (Wildman–Crippen LogP) is 2.17. The second-order valence-electron chi connectivity index (χ2n) is 6.28. The number of nitrogens with one attached hydrogen (secondary N) is 1. The largest absolute Gasteiger partial charge is 0.406 e. The van der Waals surface area contributed by atoms with Crippen molar-refractivity contribution in [3.05, 3.63) is 5.89 Å². The molecule has 1 amide bonds. The molecule has 3 fully saturated rings. The van der Waals surface area contributed by atoms with Crippen LogP contribution < -0.4 is 11.1 Å². The van der Waals surface area contributed by atoms with E-state index >= 15 is 0 Å². The van der Waals surface area contributed by atoms with Crippen LogP contribution >= 0.6 is 0 Å². The van der Waals surface area contributed by atoms with Crippen molar-refractivity contribution in [2.45, 2.75) is 51.2 Å². The van der Waals surface area contributed by atoms with Crippen LogP contribution in [0, 0.1) is 10.8 Å². The molecule has 0 radical (unpaired) electrons. The van der Waals surface area contributed by atoms with Gasteiger partial charge >= 0.3 is 12.2 Å². The van der Waals surface area contributed by atoms with Crippen LogP contribution in [0.25, 0.3) is 0 Å². The van der Waals surface area contributed by atoms with E-state index in [0.29, 0.717) is 0 Å². The smallest absolute Gasteiger partial charge is 0.394 e. The van der Waals surface area contributed by atoms with Gasteiger partial charge in [-0.1, -0.05) is 5.10 Å². The molecule has 122 valence electrons. The summed E-state index contributed by atoms with van der Waals surface area (Å²) in [7, 11) is 0. The van der Waals surface area contributed by atoms with E-state index in [1.165, 1.54) is 0 Å². The molecule has 1 aromatic heterocycles. The lowest BCUT2D eigenvalue weighted by Crippen LogP contribution is -2.54. The van der Waals surface area contributed by atoms with Crippen LogP contribution in [0.2, 0.25) is 0 Å². The fraction of sp³-hybridized carbons (Fsp3) is 0.769. The zero-order valence-corrected chi connectivity index (χ0v) is 11.9. The summed E-state index contributed by atoms with van der Waals surface area (Å²) in [5.41, 5.74) is 3.00. The number of alkyl halides is 3. The minimum Gasteiger partial charge on any atom is -0.406 e. The van der Waals surface area contributed by atoms with Crippen molar-refractivity contribution in [1.82, 2.24) is 15.5 Å². The second kappa shape index (κ2) is 4.85. The van der Waals surface area contributed by atoms with Crippen molar-refractivity contribution in [1.29, 1.82) is 0 Å². The van der Waals surface area contributed by atoms with Gasteiger partial charge in [-0.2, -0.15) is 13.2 Å². The van der Waals surface area contributed by atoms with Crippen molar-refractivity contribution in [2.24, 2.45) is 10.8 Å². The van der Waals surface area contributed by atoms with E-state index in [4.69, 9.17) is 10.2 Å². The minimum atomic E-state index is -4.18. The highest BCUT2D eigenvalue weighted by molar-refractivity contribution is 5.83. The van der Waals surface area contributed by atoms with Crippen LogP contribution in [0.4, 0.5) is 19.2 Å². The Kier molecular flexibility index (Phi) is 3.33. The first-order valence-corrected chi connectivity index (χ1v) is 7.19. The Morgan fingerprint density at radius 3 is 2.23 bits per heavy atom.